The molecule has 0 spiro atoms. The molecule has 0 atom stereocenters. The molecule has 1 aromatic carbocycles. The van der Waals surface area contributed by atoms with Crippen LogP contribution in [0.25, 0.3) is 0 Å². The Bertz CT molecular complexity index is 455. The number of rotatable bonds is 1. The van der Waals surface area contributed by atoms with E-state index in [9.17, 15) is 14.7 Å². The summed E-state index contributed by atoms with van der Waals surface area (Å²) in [5.41, 5.74) is 0.421. The number of hydrogen-bond donors (Lipinski definition) is 1. The van der Waals surface area contributed by atoms with E-state index in [1.807, 2.05) is 0 Å². The van der Waals surface area contributed by atoms with E-state index in [4.69, 9.17) is 11.6 Å². The van der Waals surface area contributed by atoms with Gasteiger partial charge in [-0.1, -0.05) is 11.6 Å². The summed E-state index contributed by atoms with van der Waals surface area (Å²) >= 11 is 5.77. The minimum atomic E-state index is -0.214. The summed E-state index contributed by atoms with van der Waals surface area (Å²) in [6, 6.07) is 4.32. The number of carbonyl (C=O) groups is 2. The summed E-state index contributed by atoms with van der Waals surface area (Å²) in [7, 11) is 0. The highest BCUT2D eigenvalue weighted by Gasteiger charge is 2.25. The van der Waals surface area contributed by atoms with Gasteiger partial charge in [0.05, 0.1) is 10.7 Å². The van der Waals surface area contributed by atoms with Crippen molar-refractivity contribution in [2.75, 3.05) is 4.90 Å². The molecule has 1 saturated heterocycles. The highest BCUT2D eigenvalue weighted by molar-refractivity contribution is 6.32. The predicted octanol–water partition coefficient (Wildman–Crippen LogP) is 2.48. The number of anilines is 1. The predicted molar refractivity (Wildman–Crippen MR) is 64.1 cm³/mol. The fourth-order valence-electron chi connectivity index (χ4n) is 1.84. The van der Waals surface area contributed by atoms with E-state index < -0.39 is 0 Å². The average Bonchev–Trinajstić information content (AvgIpc) is 2.45. The van der Waals surface area contributed by atoms with E-state index in [0.29, 0.717) is 18.5 Å². The third-order valence-corrected chi connectivity index (χ3v) is 3.02. The lowest BCUT2D eigenvalue weighted by molar-refractivity contribution is -0.125. The van der Waals surface area contributed by atoms with Gasteiger partial charge in [0.25, 0.3) is 0 Å². The van der Waals surface area contributed by atoms with Crippen LogP contribution in [0.2, 0.25) is 5.02 Å². The first-order valence-corrected chi connectivity index (χ1v) is 5.81. The van der Waals surface area contributed by atoms with Crippen LogP contribution in [0.15, 0.2) is 18.2 Å². The van der Waals surface area contributed by atoms with Crippen molar-refractivity contribution in [1.82, 2.24) is 0 Å². The maximum absolute atomic E-state index is 11.8. The molecule has 0 aromatic heterocycles. The highest BCUT2D eigenvalue weighted by Crippen LogP contribution is 2.30. The number of aromatic hydroxyl groups is 1. The molecule has 2 amide bonds. The molecule has 1 heterocycles. The summed E-state index contributed by atoms with van der Waals surface area (Å²) in [4.78, 5) is 24.8. The Morgan fingerprint density at radius 1 is 1.12 bits per heavy atom. The SMILES string of the molecule is O=C1CCCCC(=O)N1c1ccc(O)c(Cl)c1. The topological polar surface area (TPSA) is 57.6 Å². The first kappa shape index (κ1) is 11.9. The molecule has 1 N–H and O–H groups in total. The van der Waals surface area contributed by atoms with Gasteiger partial charge in [-0.2, -0.15) is 0 Å². The van der Waals surface area contributed by atoms with E-state index in [-0.39, 0.29) is 22.6 Å². The minimum Gasteiger partial charge on any atom is -0.506 e. The third kappa shape index (κ3) is 2.42. The molecule has 2 rings (SSSR count). The summed E-state index contributed by atoms with van der Waals surface area (Å²) in [6.45, 7) is 0. The zero-order valence-corrected chi connectivity index (χ0v) is 9.91. The Morgan fingerprint density at radius 2 is 1.71 bits per heavy atom. The molecule has 1 aliphatic rings. The third-order valence-electron chi connectivity index (χ3n) is 2.72. The average molecular weight is 254 g/mol. The van der Waals surface area contributed by atoms with Gasteiger partial charge in [-0.3, -0.25) is 14.5 Å². The maximum atomic E-state index is 11.8. The quantitative estimate of drug-likeness (QED) is 0.783. The molecule has 0 saturated carbocycles. The maximum Gasteiger partial charge on any atom is 0.233 e. The van der Waals surface area contributed by atoms with Gasteiger partial charge in [-0.25, -0.2) is 0 Å². The van der Waals surface area contributed by atoms with Crippen molar-refractivity contribution in [3.8, 4) is 5.75 Å². The van der Waals surface area contributed by atoms with E-state index in [1.165, 1.54) is 18.2 Å². The molecule has 1 aliphatic heterocycles. The smallest absolute Gasteiger partial charge is 0.233 e. The largest absolute Gasteiger partial charge is 0.506 e. The molecule has 5 heteroatoms. The summed E-state index contributed by atoms with van der Waals surface area (Å²) < 4.78 is 0. The van der Waals surface area contributed by atoms with Gasteiger partial charge in [0.15, 0.2) is 0 Å². The molecule has 90 valence electrons. The van der Waals surface area contributed by atoms with E-state index in [1.54, 1.807) is 0 Å². The van der Waals surface area contributed by atoms with Crippen LogP contribution in [0.3, 0.4) is 0 Å². The van der Waals surface area contributed by atoms with Gasteiger partial charge < -0.3 is 5.11 Å². The van der Waals surface area contributed by atoms with Gasteiger partial charge in [-0.15, -0.1) is 0 Å². The Kier molecular flexibility index (Phi) is 3.33. The first-order chi connectivity index (χ1) is 8.09. The fourth-order valence-corrected chi connectivity index (χ4v) is 2.01. The molecule has 0 radical (unpaired) electrons. The fraction of sp³-hybridized carbons (Fsp3) is 0.333. The van der Waals surface area contributed by atoms with Crippen LogP contribution >= 0.6 is 11.6 Å². The van der Waals surface area contributed by atoms with Gasteiger partial charge >= 0.3 is 0 Å². The molecule has 4 nitrogen and oxygen atoms in total. The molecule has 1 fully saturated rings. The molecule has 0 aliphatic carbocycles. The number of amides is 2. The lowest BCUT2D eigenvalue weighted by Crippen LogP contribution is -2.35. The summed E-state index contributed by atoms with van der Waals surface area (Å²) in [5.74, 6) is -0.492. The van der Waals surface area contributed by atoms with Crippen LogP contribution in [0, 0.1) is 0 Å². The number of nitrogens with zero attached hydrogens (tertiary/aromatic N) is 1. The van der Waals surface area contributed by atoms with Crippen LogP contribution in [0.5, 0.6) is 5.75 Å². The number of phenolic OH excluding ortho intramolecular Hbond substituents is 1. The van der Waals surface area contributed by atoms with E-state index in [0.717, 1.165) is 17.7 Å². The lowest BCUT2D eigenvalue weighted by Gasteiger charge is -2.19. The van der Waals surface area contributed by atoms with Gasteiger partial charge in [-0.05, 0) is 31.0 Å². The number of carbonyl (C=O) groups excluding carboxylic acids is 2. The number of phenols is 1. The van der Waals surface area contributed by atoms with Crippen LogP contribution in [-0.2, 0) is 9.59 Å². The van der Waals surface area contributed by atoms with Crippen molar-refractivity contribution in [2.45, 2.75) is 25.7 Å². The van der Waals surface area contributed by atoms with Crippen LogP contribution in [0.4, 0.5) is 5.69 Å². The summed E-state index contributed by atoms with van der Waals surface area (Å²) in [6.07, 6.45) is 2.19. The van der Waals surface area contributed by atoms with Crippen LogP contribution in [-0.4, -0.2) is 16.9 Å². The molecule has 1 aromatic rings. The molecule has 0 unspecified atom stereocenters. The second-order valence-corrected chi connectivity index (χ2v) is 4.37. The Labute approximate surface area is 104 Å². The van der Waals surface area contributed by atoms with Crippen LogP contribution in [0.1, 0.15) is 25.7 Å². The highest BCUT2D eigenvalue weighted by atomic mass is 35.5. The minimum absolute atomic E-state index is 0.0647. The Morgan fingerprint density at radius 3 is 2.24 bits per heavy atom. The Balaban J connectivity index is 2.38. The molecular weight excluding hydrogens is 242 g/mol. The zero-order chi connectivity index (χ0) is 12.4. The van der Waals surface area contributed by atoms with Crippen LogP contribution < -0.4 is 4.90 Å². The van der Waals surface area contributed by atoms with E-state index >= 15 is 0 Å². The number of halogens is 1. The van der Waals surface area contributed by atoms with Crippen molar-refractivity contribution >= 4 is 29.1 Å². The van der Waals surface area contributed by atoms with Gasteiger partial charge in [0.1, 0.15) is 5.75 Å². The van der Waals surface area contributed by atoms with Crippen molar-refractivity contribution in [3.63, 3.8) is 0 Å². The van der Waals surface area contributed by atoms with E-state index in [2.05, 4.69) is 0 Å². The zero-order valence-electron chi connectivity index (χ0n) is 9.15. The molecule has 0 bridgehead atoms. The van der Waals surface area contributed by atoms with Crippen molar-refractivity contribution < 1.29 is 14.7 Å². The number of imide groups is 1. The normalized spacial score (nSPS) is 17.1. The van der Waals surface area contributed by atoms with Crippen molar-refractivity contribution in [2.24, 2.45) is 0 Å². The number of benzene rings is 1. The Hall–Kier alpha value is -1.55. The molecular formula is C12H12ClNO3. The second kappa shape index (κ2) is 4.75. The standard InChI is InChI=1S/C12H12ClNO3/c13-9-7-8(5-6-10(9)15)14-11(16)3-1-2-4-12(14)17/h5-7,15H,1-4H2. The van der Waals surface area contributed by atoms with Gasteiger partial charge in [0.2, 0.25) is 11.8 Å². The monoisotopic (exact) mass is 253 g/mol. The second-order valence-electron chi connectivity index (χ2n) is 3.97. The van der Waals surface area contributed by atoms with Gasteiger partial charge in [0, 0.05) is 12.8 Å². The first-order valence-electron chi connectivity index (χ1n) is 5.44. The molecule has 17 heavy (non-hydrogen) atoms. The number of hydrogen-bond acceptors (Lipinski definition) is 3. The van der Waals surface area contributed by atoms with Crippen molar-refractivity contribution in [3.05, 3.63) is 23.2 Å². The lowest BCUT2D eigenvalue weighted by atomic mass is 10.2. The van der Waals surface area contributed by atoms with Crippen molar-refractivity contribution in [1.29, 1.82) is 0 Å². The summed E-state index contributed by atoms with van der Waals surface area (Å²) in [5, 5.41) is 9.44.